The molecule has 0 radical (unpaired) electrons. The van der Waals surface area contributed by atoms with Crippen molar-refractivity contribution < 1.29 is 14.6 Å². The van der Waals surface area contributed by atoms with Crippen molar-refractivity contribution in [2.75, 3.05) is 26.4 Å². The smallest absolute Gasteiger partial charge is 0.103 e. The van der Waals surface area contributed by atoms with Gasteiger partial charge in [-0.15, -0.1) is 6.58 Å². The molecule has 3 nitrogen and oxygen atoms in total. The number of ether oxygens (including phenoxy) is 2. The zero-order valence-electron chi connectivity index (χ0n) is 7.88. The lowest BCUT2D eigenvalue weighted by atomic mass is 10.1. The van der Waals surface area contributed by atoms with Crippen molar-refractivity contribution in [3.8, 4) is 0 Å². The van der Waals surface area contributed by atoms with E-state index in [1.54, 1.807) is 6.92 Å². The van der Waals surface area contributed by atoms with Crippen molar-refractivity contribution in [3.05, 3.63) is 12.7 Å². The van der Waals surface area contributed by atoms with E-state index in [4.69, 9.17) is 9.47 Å². The highest BCUT2D eigenvalue weighted by molar-refractivity contribution is 4.91. The quantitative estimate of drug-likeness (QED) is 0.462. The van der Waals surface area contributed by atoms with Crippen molar-refractivity contribution in [1.29, 1.82) is 0 Å². The third-order valence-electron chi connectivity index (χ3n) is 1.41. The first-order chi connectivity index (χ1) is 5.62. The fraction of sp³-hybridized carbons (Fsp3) is 0.778. The molecule has 0 fully saturated rings. The minimum absolute atomic E-state index is 0.267. The van der Waals surface area contributed by atoms with Crippen LogP contribution in [-0.2, 0) is 9.47 Å². The van der Waals surface area contributed by atoms with Crippen LogP contribution in [0.2, 0.25) is 0 Å². The van der Waals surface area contributed by atoms with Crippen LogP contribution in [0, 0.1) is 0 Å². The SMILES string of the molecule is C=CC(C)(O)COCCOCC. The summed E-state index contributed by atoms with van der Waals surface area (Å²) in [5.74, 6) is 0. The molecule has 0 saturated heterocycles. The molecule has 0 aliphatic carbocycles. The van der Waals surface area contributed by atoms with Crippen LogP contribution in [0.1, 0.15) is 13.8 Å². The number of hydrogen-bond acceptors (Lipinski definition) is 3. The predicted octanol–water partition coefficient (Wildman–Crippen LogP) is 0.976. The van der Waals surface area contributed by atoms with Gasteiger partial charge in [-0.2, -0.15) is 0 Å². The fourth-order valence-electron chi connectivity index (χ4n) is 0.600. The van der Waals surface area contributed by atoms with Gasteiger partial charge in [0.25, 0.3) is 0 Å². The second-order valence-corrected chi connectivity index (χ2v) is 2.81. The second kappa shape index (κ2) is 6.17. The van der Waals surface area contributed by atoms with Crippen LogP contribution in [0.5, 0.6) is 0 Å². The first-order valence-corrected chi connectivity index (χ1v) is 4.14. The highest BCUT2D eigenvalue weighted by Gasteiger charge is 2.14. The number of aliphatic hydroxyl groups is 1. The van der Waals surface area contributed by atoms with Crippen LogP contribution >= 0.6 is 0 Å². The summed E-state index contributed by atoms with van der Waals surface area (Å²) in [6.07, 6.45) is 1.47. The van der Waals surface area contributed by atoms with Gasteiger partial charge in [0, 0.05) is 6.61 Å². The molecule has 0 amide bonds. The Balaban J connectivity index is 3.25. The zero-order valence-corrected chi connectivity index (χ0v) is 7.88. The fourth-order valence-corrected chi connectivity index (χ4v) is 0.600. The molecule has 0 aromatic carbocycles. The molecule has 3 heteroatoms. The van der Waals surface area contributed by atoms with Crippen molar-refractivity contribution >= 4 is 0 Å². The summed E-state index contributed by atoms with van der Waals surface area (Å²) in [6, 6.07) is 0. The standard InChI is InChI=1S/C9H18O3/c1-4-9(3,10)8-12-7-6-11-5-2/h4,10H,1,5-8H2,2-3H3. The maximum atomic E-state index is 9.40. The Morgan fingerprint density at radius 3 is 2.50 bits per heavy atom. The summed E-state index contributed by atoms with van der Waals surface area (Å²) in [6.45, 7) is 9.12. The van der Waals surface area contributed by atoms with Crippen LogP contribution in [0.3, 0.4) is 0 Å². The second-order valence-electron chi connectivity index (χ2n) is 2.81. The molecule has 12 heavy (non-hydrogen) atoms. The molecule has 0 aliphatic heterocycles. The van der Waals surface area contributed by atoms with Crippen molar-refractivity contribution in [2.45, 2.75) is 19.4 Å². The minimum Gasteiger partial charge on any atom is -0.384 e. The molecule has 0 saturated carbocycles. The number of rotatable bonds is 7. The Morgan fingerprint density at radius 2 is 2.00 bits per heavy atom. The lowest BCUT2D eigenvalue weighted by Gasteiger charge is -2.17. The summed E-state index contributed by atoms with van der Waals surface area (Å²) >= 11 is 0. The molecule has 0 aromatic rings. The summed E-state index contributed by atoms with van der Waals surface area (Å²) in [5, 5.41) is 9.40. The highest BCUT2D eigenvalue weighted by Crippen LogP contribution is 2.03. The molecular formula is C9H18O3. The lowest BCUT2D eigenvalue weighted by Crippen LogP contribution is -2.28. The van der Waals surface area contributed by atoms with Gasteiger partial charge in [-0.25, -0.2) is 0 Å². The Morgan fingerprint density at radius 1 is 1.42 bits per heavy atom. The topological polar surface area (TPSA) is 38.7 Å². The van der Waals surface area contributed by atoms with Gasteiger partial charge in [-0.1, -0.05) is 6.08 Å². The van der Waals surface area contributed by atoms with Crippen LogP contribution in [0.25, 0.3) is 0 Å². The Hall–Kier alpha value is -0.380. The van der Waals surface area contributed by atoms with Gasteiger partial charge < -0.3 is 14.6 Å². The Bertz CT molecular complexity index is 121. The number of hydrogen-bond donors (Lipinski definition) is 1. The largest absolute Gasteiger partial charge is 0.384 e. The van der Waals surface area contributed by atoms with E-state index in [9.17, 15) is 5.11 Å². The molecule has 0 aromatic heterocycles. The molecule has 1 N–H and O–H groups in total. The van der Waals surface area contributed by atoms with E-state index in [1.165, 1.54) is 6.08 Å². The first-order valence-electron chi connectivity index (χ1n) is 4.14. The summed E-state index contributed by atoms with van der Waals surface area (Å²) in [5.41, 5.74) is -0.924. The van der Waals surface area contributed by atoms with E-state index in [0.29, 0.717) is 19.8 Å². The maximum absolute atomic E-state index is 9.40. The molecule has 0 rings (SSSR count). The van der Waals surface area contributed by atoms with E-state index in [2.05, 4.69) is 6.58 Å². The lowest BCUT2D eigenvalue weighted by molar-refractivity contribution is -0.0208. The van der Waals surface area contributed by atoms with E-state index in [1.807, 2.05) is 6.92 Å². The summed E-state index contributed by atoms with van der Waals surface area (Å²) in [7, 11) is 0. The van der Waals surface area contributed by atoms with Gasteiger partial charge in [0.2, 0.25) is 0 Å². The minimum atomic E-state index is -0.924. The normalized spacial score (nSPS) is 15.6. The third kappa shape index (κ3) is 6.34. The first kappa shape index (κ1) is 11.6. The van der Waals surface area contributed by atoms with Gasteiger partial charge in [-0.05, 0) is 13.8 Å². The molecule has 72 valence electrons. The Kier molecular flexibility index (Phi) is 5.98. The monoisotopic (exact) mass is 174 g/mol. The van der Waals surface area contributed by atoms with Gasteiger partial charge in [0.15, 0.2) is 0 Å². The molecule has 0 bridgehead atoms. The molecule has 1 unspecified atom stereocenters. The molecule has 0 heterocycles. The van der Waals surface area contributed by atoms with Gasteiger partial charge in [-0.3, -0.25) is 0 Å². The van der Waals surface area contributed by atoms with Crippen LogP contribution in [-0.4, -0.2) is 37.1 Å². The summed E-state index contributed by atoms with van der Waals surface area (Å²) < 4.78 is 10.2. The highest BCUT2D eigenvalue weighted by atomic mass is 16.5. The average molecular weight is 174 g/mol. The van der Waals surface area contributed by atoms with Crippen LogP contribution in [0.15, 0.2) is 12.7 Å². The van der Waals surface area contributed by atoms with Crippen molar-refractivity contribution in [2.24, 2.45) is 0 Å². The van der Waals surface area contributed by atoms with E-state index >= 15 is 0 Å². The van der Waals surface area contributed by atoms with E-state index < -0.39 is 5.60 Å². The van der Waals surface area contributed by atoms with Gasteiger partial charge in [0.1, 0.15) is 5.60 Å². The van der Waals surface area contributed by atoms with Crippen LogP contribution in [0.4, 0.5) is 0 Å². The Labute approximate surface area is 74.0 Å². The maximum Gasteiger partial charge on any atom is 0.103 e. The zero-order chi connectivity index (χ0) is 9.45. The molecule has 0 aliphatic rings. The van der Waals surface area contributed by atoms with Crippen LogP contribution < -0.4 is 0 Å². The van der Waals surface area contributed by atoms with E-state index in [0.717, 1.165) is 0 Å². The average Bonchev–Trinajstić information content (AvgIpc) is 2.04. The van der Waals surface area contributed by atoms with E-state index in [-0.39, 0.29) is 6.61 Å². The molecule has 0 spiro atoms. The molecule has 1 atom stereocenters. The predicted molar refractivity (Wildman–Crippen MR) is 48.1 cm³/mol. The van der Waals surface area contributed by atoms with Crippen molar-refractivity contribution in [3.63, 3.8) is 0 Å². The molecular weight excluding hydrogens is 156 g/mol. The van der Waals surface area contributed by atoms with Gasteiger partial charge in [0.05, 0.1) is 19.8 Å². The summed E-state index contributed by atoms with van der Waals surface area (Å²) in [4.78, 5) is 0. The van der Waals surface area contributed by atoms with Gasteiger partial charge >= 0.3 is 0 Å². The third-order valence-corrected chi connectivity index (χ3v) is 1.41. The van der Waals surface area contributed by atoms with Crippen molar-refractivity contribution in [1.82, 2.24) is 0 Å².